The Morgan fingerprint density at radius 3 is 2.74 bits per heavy atom. The summed E-state index contributed by atoms with van der Waals surface area (Å²) in [4.78, 5) is 8.32. The molecule has 0 aliphatic rings. The maximum atomic E-state index is 5.44. The Bertz CT molecular complexity index is 511. The van der Waals surface area contributed by atoms with Crippen LogP contribution in [0.2, 0.25) is 0 Å². The molecule has 0 aliphatic carbocycles. The summed E-state index contributed by atoms with van der Waals surface area (Å²) in [5.74, 6) is 3.05. The second-order valence-electron chi connectivity index (χ2n) is 4.21. The number of nitrogens with zero attached hydrogens (tertiary/aromatic N) is 2. The number of rotatable bonds is 7. The molecule has 0 fully saturated rings. The fourth-order valence-corrected chi connectivity index (χ4v) is 1.63. The van der Waals surface area contributed by atoms with Crippen LogP contribution in [-0.4, -0.2) is 30.1 Å². The summed E-state index contributed by atoms with van der Waals surface area (Å²) >= 11 is 0. The van der Waals surface area contributed by atoms with E-state index in [9.17, 15) is 0 Å². The molecule has 6 nitrogen and oxygen atoms in total. The minimum absolute atomic E-state index is 0.678. The smallest absolute Gasteiger partial charge is 0.198 e. The highest BCUT2D eigenvalue weighted by molar-refractivity contribution is 5.54. The van der Waals surface area contributed by atoms with Crippen LogP contribution in [0.1, 0.15) is 12.2 Å². The number of furan rings is 1. The quantitative estimate of drug-likeness (QED) is 0.663. The van der Waals surface area contributed by atoms with Gasteiger partial charge in [0.1, 0.15) is 23.7 Å². The Morgan fingerprint density at radius 1 is 1.16 bits per heavy atom. The Kier molecular flexibility index (Phi) is 4.74. The average Bonchev–Trinajstić information content (AvgIpc) is 2.81. The first-order valence-electron chi connectivity index (χ1n) is 6.32. The van der Waals surface area contributed by atoms with Crippen LogP contribution in [-0.2, 0) is 0 Å². The Balaban J connectivity index is 1.91. The van der Waals surface area contributed by atoms with Gasteiger partial charge in [-0.25, -0.2) is 9.97 Å². The first-order chi connectivity index (χ1) is 9.28. The number of nitrogens with one attached hydrogen (secondary N) is 3. The molecule has 102 valence electrons. The van der Waals surface area contributed by atoms with Crippen LogP contribution in [0.3, 0.4) is 0 Å². The maximum absolute atomic E-state index is 5.44. The molecule has 6 heteroatoms. The largest absolute Gasteiger partial charge is 0.446 e. The summed E-state index contributed by atoms with van der Waals surface area (Å²) in [7, 11) is 1.94. The molecular weight excluding hydrogens is 242 g/mol. The van der Waals surface area contributed by atoms with Gasteiger partial charge in [-0.3, -0.25) is 0 Å². The molecule has 2 aromatic rings. The molecule has 0 aromatic carbocycles. The van der Waals surface area contributed by atoms with Gasteiger partial charge < -0.3 is 20.4 Å². The molecule has 0 aliphatic heterocycles. The minimum atomic E-state index is 0.678. The van der Waals surface area contributed by atoms with Gasteiger partial charge >= 0.3 is 0 Å². The van der Waals surface area contributed by atoms with Crippen molar-refractivity contribution in [3.05, 3.63) is 30.3 Å². The Labute approximate surface area is 112 Å². The van der Waals surface area contributed by atoms with Crippen molar-refractivity contribution in [3.63, 3.8) is 0 Å². The topological polar surface area (TPSA) is 75.0 Å². The van der Waals surface area contributed by atoms with Crippen molar-refractivity contribution in [2.24, 2.45) is 0 Å². The first-order valence-corrected chi connectivity index (χ1v) is 6.32. The van der Waals surface area contributed by atoms with E-state index in [0.29, 0.717) is 11.7 Å². The highest BCUT2D eigenvalue weighted by Crippen LogP contribution is 2.18. The van der Waals surface area contributed by atoms with Gasteiger partial charge in [0.2, 0.25) is 0 Å². The van der Waals surface area contributed by atoms with E-state index in [1.54, 1.807) is 0 Å². The summed E-state index contributed by atoms with van der Waals surface area (Å²) in [6.45, 7) is 3.76. The molecule has 19 heavy (non-hydrogen) atoms. The summed E-state index contributed by atoms with van der Waals surface area (Å²) < 4.78 is 5.44. The van der Waals surface area contributed by atoms with Gasteiger partial charge in [0.25, 0.3) is 0 Å². The Hall–Kier alpha value is -2.08. The zero-order valence-corrected chi connectivity index (χ0v) is 11.2. The van der Waals surface area contributed by atoms with Gasteiger partial charge in [0, 0.05) is 18.7 Å². The zero-order chi connectivity index (χ0) is 13.5. The van der Waals surface area contributed by atoms with E-state index in [4.69, 9.17) is 4.42 Å². The fraction of sp³-hybridized carbons (Fsp3) is 0.385. The lowest BCUT2D eigenvalue weighted by Crippen LogP contribution is -2.13. The van der Waals surface area contributed by atoms with Gasteiger partial charge in [0.05, 0.1) is 0 Å². The van der Waals surface area contributed by atoms with Gasteiger partial charge in [0.15, 0.2) is 5.88 Å². The SMILES string of the molecule is CNCCCNc1cc(Nc2ccc(C)o2)ncn1. The fourth-order valence-electron chi connectivity index (χ4n) is 1.63. The van der Waals surface area contributed by atoms with Crippen LogP contribution < -0.4 is 16.0 Å². The first kappa shape index (κ1) is 13.4. The lowest BCUT2D eigenvalue weighted by Gasteiger charge is -2.07. The van der Waals surface area contributed by atoms with Gasteiger partial charge in [-0.05, 0) is 33.0 Å². The van der Waals surface area contributed by atoms with E-state index in [1.165, 1.54) is 6.33 Å². The molecule has 0 atom stereocenters. The lowest BCUT2D eigenvalue weighted by molar-refractivity contribution is 0.551. The van der Waals surface area contributed by atoms with Crippen LogP contribution in [0.4, 0.5) is 17.5 Å². The van der Waals surface area contributed by atoms with E-state index in [1.807, 2.05) is 32.2 Å². The summed E-state index contributed by atoms with van der Waals surface area (Å²) in [5, 5.41) is 9.45. The molecule has 0 radical (unpaired) electrons. The molecule has 2 aromatic heterocycles. The third-order valence-electron chi connectivity index (χ3n) is 2.57. The third kappa shape index (κ3) is 4.26. The monoisotopic (exact) mass is 261 g/mol. The van der Waals surface area contributed by atoms with E-state index >= 15 is 0 Å². The highest BCUT2D eigenvalue weighted by atomic mass is 16.4. The van der Waals surface area contributed by atoms with Crippen molar-refractivity contribution in [1.29, 1.82) is 0 Å². The van der Waals surface area contributed by atoms with Crippen LogP contribution in [0.25, 0.3) is 0 Å². The molecule has 2 heterocycles. The molecule has 0 bridgehead atoms. The molecule has 0 unspecified atom stereocenters. The molecule has 0 saturated carbocycles. The van der Waals surface area contributed by atoms with Crippen molar-refractivity contribution < 1.29 is 4.42 Å². The molecular formula is C13H19N5O. The van der Waals surface area contributed by atoms with Crippen molar-refractivity contribution in [1.82, 2.24) is 15.3 Å². The predicted molar refractivity (Wildman–Crippen MR) is 75.8 cm³/mol. The number of aryl methyl sites for hydroxylation is 1. The number of aromatic nitrogens is 2. The molecule has 0 amide bonds. The maximum Gasteiger partial charge on any atom is 0.198 e. The normalized spacial score (nSPS) is 10.4. The van der Waals surface area contributed by atoms with Crippen molar-refractivity contribution in [2.75, 3.05) is 30.8 Å². The summed E-state index contributed by atoms with van der Waals surface area (Å²) in [6.07, 6.45) is 2.57. The second-order valence-corrected chi connectivity index (χ2v) is 4.21. The van der Waals surface area contributed by atoms with E-state index in [0.717, 1.165) is 31.1 Å². The van der Waals surface area contributed by atoms with Crippen LogP contribution in [0, 0.1) is 6.92 Å². The van der Waals surface area contributed by atoms with Crippen LogP contribution in [0.5, 0.6) is 0 Å². The Morgan fingerprint density at radius 2 is 2.00 bits per heavy atom. The van der Waals surface area contributed by atoms with E-state index in [2.05, 4.69) is 25.9 Å². The average molecular weight is 261 g/mol. The summed E-state index contributed by atoms with van der Waals surface area (Å²) in [6, 6.07) is 5.63. The van der Waals surface area contributed by atoms with Crippen LogP contribution in [0.15, 0.2) is 28.9 Å². The molecule has 0 spiro atoms. The molecule has 3 N–H and O–H groups in total. The minimum Gasteiger partial charge on any atom is -0.446 e. The van der Waals surface area contributed by atoms with Gasteiger partial charge in [-0.15, -0.1) is 0 Å². The third-order valence-corrected chi connectivity index (χ3v) is 2.57. The zero-order valence-electron chi connectivity index (χ0n) is 11.2. The lowest BCUT2D eigenvalue weighted by atomic mass is 10.4. The number of hydrogen-bond acceptors (Lipinski definition) is 6. The number of anilines is 3. The molecule has 0 saturated heterocycles. The van der Waals surface area contributed by atoms with Gasteiger partial charge in [-0.1, -0.05) is 0 Å². The van der Waals surface area contributed by atoms with E-state index in [-0.39, 0.29) is 0 Å². The number of hydrogen-bond donors (Lipinski definition) is 3. The van der Waals surface area contributed by atoms with Gasteiger partial charge in [-0.2, -0.15) is 0 Å². The highest BCUT2D eigenvalue weighted by Gasteiger charge is 2.02. The van der Waals surface area contributed by atoms with Crippen molar-refractivity contribution in [2.45, 2.75) is 13.3 Å². The van der Waals surface area contributed by atoms with Crippen molar-refractivity contribution >= 4 is 17.5 Å². The molecule has 2 rings (SSSR count). The predicted octanol–water partition coefficient (Wildman–Crippen LogP) is 2.14. The van der Waals surface area contributed by atoms with Crippen molar-refractivity contribution in [3.8, 4) is 0 Å². The standard InChI is InChI=1S/C13H19N5O/c1-10-4-5-13(19-10)18-12-8-11(16-9-17-12)15-7-3-6-14-2/h4-5,8-9,14H,3,6-7H2,1-2H3,(H2,15,16,17,18). The second kappa shape index (κ2) is 6.75. The van der Waals surface area contributed by atoms with E-state index < -0.39 is 0 Å². The van der Waals surface area contributed by atoms with Crippen LogP contribution >= 0.6 is 0 Å². The summed E-state index contributed by atoms with van der Waals surface area (Å²) in [5.41, 5.74) is 0.